The van der Waals surface area contributed by atoms with Crippen LogP contribution in [0.15, 0.2) is 33.9 Å². The summed E-state index contributed by atoms with van der Waals surface area (Å²) in [7, 11) is 1.26. The van der Waals surface area contributed by atoms with E-state index in [1.807, 2.05) is 0 Å². The van der Waals surface area contributed by atoms with E-state index in [1.165, 1.54) is 50.2 Å². The Balaban J connectivity index is 1.30. The van der Waals surface area contributed by atoms with E-state index >= 15 is 0 Å². The lowest BCUT2D eigenvalue weighted by Gasteiger charge is -2.50. The number of β-lactam (4-membered cyclic amide) rings is 1. The Morgan fingerprint density at radius 2 is 1.88 bits per heavy atom. The molecule has 3 aliphatic heterocycles. The number of benzene rings is 1. The summed E-state index contributed by atoms with van der Waals surface area (Å²) in [4.78, 5) is 74.3. The third kappa shape index (κ3) is 7.52. The number of aliphatic carboxylic acids is 2. The van der Waals surface area contributed by atoms with Crippen LogP contribution in [0.25, 0.3) is 0 Å². The number of nitrogens with zero attached hydrogens (tertiary/aromatic N) is 4. The number of amides is 3. The summed E-state index contributed by atoms with van der Waals surface area (Å²) in [5.41, 5.74) is 3.95. The number of aromatic hydroxyl groups is 2. The molecule has 2 atom stereocenters. The maximum atomic E-state index is 13.5. The first-order valence-corrected chi connectivity index (χ1v) is 17.7. The molecular weight excluding hydrogens is 711 g/mol. The van der Waals surface area contributed by atoms with Crippen molar-refractivity contribution in [3.8, 4) is 17.2 Å². The molecule has 2 aromatic rings. The maximum absolute atomic E-state index is 13.5. The van der Waals surface area contributed by atoms with Crippen molar-refractivity contribution in [1.29, 1.82) is 0 Å². The zero-order valence-corrected chi connectivity index (χ0v) is 29.5. The van der Waals surface area contributed by atoms with E-state index in [0.29, 0.717) is 23.1 Å². The molecule has 3 amide bonds. The number of fused-ring (bicyclic) bond motifs is 1. The number of carboxylic acid groups (broad SMARTS) is 2. The number of carboxylic acids is 2. The van der Waals surface area contributed by atoms with E-state index in [-0.39, 0.29) is 40.1 Å². The number of hydrogen-bond acceptors (Lipinski definition) is 14. The summed E-state index contributed by atoms with van der Waals surface area (Å²) >= 11 is 2.30. The second kappa shape index (κ2) is 14.6. The van der Waals surface area contributed by atoms with E-state index in [0.717, 1.165) is 42.2 Å². The van der Waals surface area contributed by atoms with Gasteiger partial charge in [-0.25, -0.2) is 14.6 Å². The highest BCUT2D eigenvalue weighted by Gasteiger charge is 2.55. The lowest BCUT2D eigenvalue weighted by molar-refractivity contribution is -0.911. The summed E-state index contributed by atoms with van der Waals surface area (Å²) in [5.74, 6) is -5.58. The Labute approximate surface area is 299 Å². The molecule has 1 aromatic heterocycles. The van der Waals surface area contributed by atoms with Crippen LogP contribution >= 0.6 is 23.1 Å². The van der Waals surface area contributed by atoms with Gasteiger partial charge in [-0.1, -0.05) is 5.16 Å². The molecule has 2 fully saturated rings. The number of phenols is 2. The van der Waals surface area contributed by atoms with Gasteiger partial charge in [0.25, 0.3) is 17.7 Å². The van der Waals surface area contributed by atoms with Gasteiger partial charge in [0.05, 0.1) is 38.9 Å². The van der Waals surface area contributed by atoms with Gasteiger partial charge in [0.1, 0.15) is 29.4 Å². The van der Waals surface area contributed by atoms with Gasteiger partial charge in [-0.3, -0.25) is 19.3 Å². The molecule has 51 heavy (non-hydrogen) atoms. The molecule has 4 heterocycles. The second-order valence-electron chi connectivity index (χ2n) is 12.7. The molecule has 3 aliphatic rings. The number of likely N-dealkylation sites (tertiary alicyclic amines) is 1. The van der Waals surface area contributed by atoms with Crippen molar-refractivity contribution >= 4 is 63.6 Å². The Morgan fingerprint density at radius 3 is 2.49 bits per heavy atom. The Morgan fingerprint density at radius 1 is 1.18 bits per heavy atom. The van der Waals surface area contributed by atoms with Crippen LogP contribution in [0.4, 0.5) is 5.13 Å². The first-order chi connectivity index (χ1) is 24.1. The lowest BCUT2D eigenvalue weighted by Crippen LogP contribution is -2.71. The molecule has 8 N–H and O–H groups in total. The fourth-order valence-electron chi connectivity index (χ4n) is 6.13. The summed E-state index contributed by atoms with van der Waals surface area (Å²) in [6.45, 7) is 4.91. The number of aromatic nitrogens is 1. The molecule has 0 saturated carbocycles. The van der Waals surface area contributed by atoms with Crippen LogP contribution in [0.5, 0.6) is 17.2 Å². The molecule has 5 rings (SSSR count). The average Bonchev–Trinajstić information content (AvgIpc) is 3.73. The van der Waals surface area contributed by atoms with Crippen LogP contribution in [-0.2, 0) is 24.0 Å². The number of oxime groups is 1. The van der Waals surface area contributed by atoms with Crippen molar-refractivity contribution in [1.82, 2.24) is 20.5 Å². The van der Waals surface area contributed by atoms with Crippen molar-refractivity contribution in [3.05, 3.63) is 40.0 Å². The van der Waals surface area contributed by atoms with Crippen LogP contribution in [0.3, 0.4) is 0 Å². The van der Waals surface area contributed by atoms with Gasteiger partial charge in [0.15, 0.2) is 22.3 Å². The SMILES string of the molecule is COc1c(C(=O)NCC[N+]2(CC3=C(C(=O)O)N4C(=O)[C@@H](NC(=O)/C(=N\OC(C)(C)C(=O)O)c5csc(N)n5)[C@H]4SC3)CCCC2)ccc(O)c1O. The Hall–Kier alpha value is -5.08. The summed E-state index contributed by atoms with van der Waals surface area (Å²) in [6, 6.07) is 1.40. The monoisotopic (exact) mass is 748 g/mol. The first-order valence-electron chi connectivity index (χ1n) is 15.7. The van der Waals surface area contributed by atoms with E-state index in [9.17, 15) is 44.4 Å². The number of thiazole rings is 1. The number of carbonyl (C=O) groups excluding carboxylic acids is 3. The number of nitrogen functional groups attached to an aromatic ring is 1. The fraction of sp³-hybridized carbons (Fsp3) is 0.452. The summed E-state index contributed by atoms with van der Waals surface area (Å²) < 4.78 is 5.58. The topological polar surface area (TPSA) is 263 Å². The number of ether oxygens (including phenoxy) is 1. The van der Waals surface area contributed by atoms with Crippen molar-refractivity contribution in [2.24, 2.45) is 5.16 Å². The quantitative estimate of drug-likeness (QED) is 0.0457. The van der Waals surface area contributed by atoms with Gasteiger partial charge in [-0.05, 0) is 26.0 Å². The molecule has 2 saturated heterocycles. The predicted molar refractivity (Wildman–Crippen MR) is 183 cm³/mol. The number of quaternary nitrogens is 1. The van der Waals surface area contributed by atoms with Gasteiger partial charge < -0.3 is 50.9 Å². The molecule has 0 spiro atoms. The minimum Gasteiger partial charge on any atom is -0.504 e. The largest absolute Gasteiger partial charge is 0.504 e. The molecular formula is C31H38N7O11S2+. The lowest BCUT2D eigenvalue weighted by atomic mass is 10.0. The predicted octanol–water partition coefficient (Wildman–Crippen LogP) is 0.508. The van der Waals surface area contributed by atoms with Gasteiger partial charge >= 0.3 is 11.9 Å². The number of phenolic OH excluding ortho intramolecular Hbond substituents is 2. The highest BCUT2D eigenvalue weighted by molar-refractivity contribution is 8.00. The van der Waals surface area contributed by atoms with Gasteiger partial charge in [-0.15, -0.1) is 23.1 Å². The minimum atomic E-state index is -1.79. The second-order valence-corrected chi connectivity index (χ2v) is 14.7. The molecule has 0 aliphatic carbocycles. The van der Waals surface area contributed by atoms with E-state index in [2.05, 4.69) is 20.8 Å². The fourth-order valence-corrected chi connectivity index (χ4v) is 8.02. The van der Waals surface area contributed by atoms with Gasteiger partial charge in [0, 0.05) is 29.5 Å². The van der Waals surface area contributed by atoms with Gasteiger partial charge in [-0.2, -0.15) is 0 Å². The molecule has 274 valence electrons. The Bertz CT molecular complexity index is 1820. The van der Waals surface area contributed by atoms with Crippen molar-refractivity contribution in [2.75, 3.05) is 51.3 Å². The maximum Gasteiger partial charge on any atom is 0.352 e. The Kier molecular flexibility index (Phi) is 10.7. The van der Waals surface area contributed by atoms with Crippen LogP contribution < -0.4 is 21.1 Å². The third-order valence-electron chi connectivity index (χ3n) is 8.87. The smallest absolute Gasteiger partial charge is 0.352 e. The van der Waals surface area contributed by atoms with Crippen molar-refractivity contribution in [3.63, 3.8) is 0 Å². The first kappa shape index (κ1) is 37.2. The number of rotatable bonds is 14. The van der Waals surface area contributed by atoms with Gasteiger partial charge in [0.2, 0.25) is 11.4 Å². The van der Waals surface area contributed by atoms with E-state index < -0.39 is 63.9 Å². The highest BCUT2D eigenvalue weighted by Crippen LogP contribution is 2.42. The number of thioether (sulfide) groups is 1. The van der Waals surface area contributed by atoms with Crippen LogP contribution in [0.2, 0.25) is 0 Å². The zero-order chi connectivity index (χ0) is 37.2. The summed E-state index contributed by atoms with van der Waals surface area (Å²) in [5, 5.41) is 49.5. The normalized spacial score (nSPS) is 19.9. The molecule has 0 unspecified atom stereocenters. The number of nitrogens with one attached hydrogen (secondary N) is 2. The van der Waals surface area contributed by atoms with Crippen LogP contribution in [0.1, 0.15) is 42.7 Å². The van der Waals surface area contributed by atoms with Crippen LogP contribution in [0, 0.1) is 0 Å². The number of anilines is 1. The van der Waals surface area contributed by atoms with Crippen molar-refractivity contribution < 1.29 is 58.5 Å². The number of methoxy groups -OCH3 is 1. The number of hydrogen-bond donors (Lipinski definition) is 7. The highest BCUT2D eigenvalue weighted by atomic mass is 32.2. The molecule has 20 heteroatoms. The van der Waals surface area contributed by atoms with E-state index in [4.69, 9.17) is 15.3 Å². The standard InChI is InChI=1S/C31H37N7O11S2/c1-31(2,29(46)47)49-36-19(17-14-51-30(32)34-17)25(42)35-20-26(43)37-21(28(44)45)15(13-50-27(20)37)12-38(9-4-5-10-38)11-8-33-24(41)16-6-7-18(39)22(40)23(16)48-3/h6-7,14,20,27H,4-5,8-13H2,1-3H3,(H7-,32,33,34,35,36,39,40,41,42,44,45,46,47)/p+1/t20-,27-/m1/s1. The third-order valence-corrected chi connectivity index (χ3v) is 10.9. The minimum absolute atomic E-state index is 0.000641. The van der Waals surface area contributed by atoms with Crippen LogP contribution in [-0.4, -0.2) is 133 Å². The number of nitrogens with two attached hydrogens (primary N) is 1. The molecule has 18 nitrogen and oxygen atoms in total. The van der Waals surface area contributed by atoms with Crippen molar-refractivity contribution in [2.45, 2.75) is 43.7 Å². The molecule has 0 radical (unpaired) electrons. The average molecular weight is 749 g/mol. The number of carbonyl (C=O) groups is 5. The zero-order valence-electron chi connectivity index (χ0n) is 27.9. The van der Waals surface area contributed by atoms with E-state index in [1.54, 1.807) is 0 Å². The molecule has 0 bridgehead atoms. The molecule has 1 aromatic carbocycles. The summed E-state index contributed by atoms with van der Waals surface area (Å²) in [6.07, 6.45) is 1.77.